The Morgan fingerprint density at radius 3 is 2.63 bits per heavy atom. The van der Waals surface area contributed by atoms with Crippen molar-refractivity contribution in [3.05, 3.63) is 48.3 Å². The number of nitrogens with zero attached hydrogens (tertiary/aromatic N) is 3. The van der Waals surface area contributed by atoms with Crippen molar-refractivity contribution >= 4 is 28.8 Å². The van der Waals surface area contributed by atoms with Gasteiger partial charge in [-0.2, -0.15) is 0 Å². The number of amides is 1. The van der Waals surface area contributed by atoms with E-state index < -0.39 is 29.5 Å². The number of aromatic hydroxyl groups is 1. The van der Waals surface area contributed by atoms with Gasteiger partial charge in [0.15, 0.2) is 5.82 Å². The van der Waals surface area contributed by atoms with E-state index in [1.807, 2.05) is 12.1 Å². The van der Waals surface area contributed by atoms with Crippen molar-refractivity contribution in [1.29, 1.82) is 0 Å². The first kappa shape index (κ1) is 24.2. The Morgan fingerprint density at radius 2 is 1.91 bits per heavy atom. The van der Waals surface area contributed by atoms with Crippen molar-refractivity contribution in [2.75, 3.05) is 19.0 Å². The van der Waals surface area contributed by atoms with Crippen LogP contribution in [0.1, 0.15) is 27.2 Å². The van der Waals surface area contributed by atoms with Crippen LogP contribution in [0.3, 0.4) is 0 Å². The minimum absolute atomic E-state index is 0.134. The molecule has 1 aromatic heterocycles. The van der Waals surface area contributed by atoms with Crippen LogP contribution in [-0.4, -0.2) is 63.4 Å². The maximum atomic E-state index is 13.9. The zero-order valence-electron chi connectivity index (χ0n) is 19.9. The van der Waals surface area contributed by atoms with Crippen LogP contribution in [0.2, 0.25) is 0 Å². The number of halogens is 1. The van der Waals surface area contributed by atoms with E-state index in [1.165, 1.54) is 18.1 Å². The van der Waals surface area contributed by atoms with Gasteiger partial charge < -0.3 is 19.9 Å². The predicted molar refractivity (Wildman–Crippen MR) is 127 cm³/mol. The van der Waals surface area contributed by atoms with E-state index in [0.717, 1.165) is 12.1 Å². The second-order valence-corrected chi connectivity index (χ2v) is 9.32. The molecule has 184 valence electrons. The second kappa shape index (κ2) is 9.36. The van der Waals surface area contributed by atoms with Crippen molar-refractivity contribution in [3.8, 4) is 17.1 Å². The first-order valence-corrected chi connectivity index (χ1v) is 11.2. The molecule has 0 spiro atoms. The van der Waals surface area contributed by atoms with Crippen LogP contribution in [0.15, 0.2) is 42.5 Å². The third-order valence-electron chi connectivity index (χ3n) is 5.55. The molecule has 4 rings (SSSR count). The summed E-state index contributed by atoms with van der Waals surface area (Å²) in [6.45, 7) is 5.42. The van der Waals surface area contributed by atoms with Gasteiger partial charge in [-0.15, -0.1) is 0 Å². The average molecular weight is 483 g/mol. The quantitative estimate of drug-likeness (QED) is 0.534. The fourth-order valence-corrected chi connectivity index (χ4v) is 4.01. The number of para-hydroxylation sites is 1. The smallest absolute Gasteiger partial charge is 0.411 e. The topological polar surface area (TPSA) is 114 Å². The molecule has 35 heavy (non-hydrogen) atoms. The summed E-state index contributed by atoms with van der Waals surface area (Å²) in [7, 11) is 1.27. The maximum absolute atomic E-state index is 13.9. The Bertz CT molecular complexity index is 1280. The molecule has 1 amide bonds. The van der Waals surface area contributed by atoms with Crippen LogP contribution < -0.4 is 5.32 Å². The molecule has 2 N–H and O–H groups in total. The highest BCUT2D eigenvalue weighted by Gasteiger charge is 2.42. The number of ether oxygens (including phenoxy) is 2. The highest BCUT2D eigenvalue weighted by atomic mass is 19.1. The normalized spacial score (nSPS) is 17.9. The highest BCUT2D eigenvalue weighted by molar-refractivity contribution is 5.91. The molecule has 1 aliphatic heterocycles. The van der Waals surface area contributed by atoms with Crippen molar-refractivity contribution in [2.45, 2.75) is 44.9 Å². The van der Waals surface area contributed by atoms with Gasteiger partial charge in [0.1, 0.15) is 29.0 Å². The van der Waals surface area contributed by atoms with Crippen LogP contribution in [0, 0.1) is 5.82 Å². The molecule has 9 nitrogen and oxygen atoms in total. The number of hydrogen-bond donors (Lipinski definition) is 2. The number of phenols is 1. The number of methoxy groups -OCH3 is 1. The maximum Gasteiger partial charge on any atom is 0.411 e. The number of fused-ring (bicyclic) bond motifs is 1. The molecular weight excluding hydrogens is 455 g/mol. The summed E-state index contributed by atoms with van der Waals surface area (Å²) in [4.78, 5) is 35.6. The van der Waals surface area contributed by atoms with Gasteiger partial charge >= 0.3 is 12.1 Å². The van der Waals surface area contributed by atoms with Gasteiger partial charge in [0.2, 0.25) is 0 Å². The number of esters is 1. The van der Waals surface area contributed by atoms with Crippen LogP contribution in [0.4, 0.5) is 15.0 Å². The number of nitrogens with one attached hydrogen (secondary N) is 1. The number of aromatic nitrogens is 2. The number of likely N-dealkylation sites (tertiary alicyclic amines) is 1. The van der Waals surface area contributed by atoms with Crippen molar-refractivity contribution in [2.24, 2.45) is 0 Å². The number of phenolic OH excluding ortho intramolecular Hbond substituents is 1. The Hall–Kier alpha value is -3.95. The van der Waals surface area contributed by atoms with Crippen molar-refractivity contribution < 1.29 is 28.6 Å². The predicted octanol–water partition coefficient (Wildman–Crippen LogP) is 4.10. The van der Waals surface area contributed by atoms with Gasteiger partial charge in [0.25, 0.3) is 0 Å². The van der Waals surface area contributed by atoms with Gasteiger partial charge in [-0.25, -0.2) is 23.9 Å². The summed E-state index contributed by atoms with van der Waals surface area (Å²) >= 11 is 0. The van der Waals surface area contributed by atoms with E-state index in [2.05, 4.69) is 15.3 Å². The number of carbonyl (C=O) groups excluding carboxylic acids is 2. The molecule has 0 unspecified atom stereocenters. The van der Waals surface area contributed by atoms with Gasteiger partial charge in [-0.05, 0) is 51.1 Å². The number of hydrogen-bond acceptors (Lipinski definition) is 8. The van der Waals surface area contributed by atoms with Gasteiger partial charge in [-0.1, -0.05) is 12.1 Å². The lowest BCUT2D eigenvalue weighted by atomic mass is 10.1. The van der Waals surface area contributed by atoms with E-state index >= 15 is 0 Å². The molecule has 10 heteroatoms. The zero-order chi connectivity index (χ0) is 25.3. The third-order valence-corrected chi connectivity index (χ3v) is 5.55. The molecule has 0 saturated carbocycles. The molecule has 1 fully saturated rings. The van der Waals surface area contributed by atoms with Crippen molar-refractivity contribution in [1.82, 2.24) is 14.9 Å². The van der Waals surface area contributed by atoms with E-state index in [0.29, 0.717) is 16.7 Å². The first-order chi connectivity index (χ1) is 16.6. The summed E-state index contributed by atoms with van der Waals surface area (Å²) in [5.41, 5.74) is -0.00299. The summed E-state index contributed by atoms with van der Waals surface area (Å²) < 4.78 is 24.3. The summed E-state index contributed by atoms with van der Waals surface area (Å²) in [6.07, 6.45) is -0.347. The Kier molecular flexibility index (Phi) is 6.47. The lowest BCUT2D eigenvalue weighted by molar-refractivity contribution is -0.145. The Labute approximate surface area is 201 Å². The molecule has 3 aromatic rings. The van der Waals surface area contributed by atoms with Crippen molar-refractivity contribution in [3.63, 3.8) is 0 Å². The third kappa shape index (κ3) is 5.26. The molecule has 2 heterocycles. The standard InChI is InChI=1S/C25H27FN4O5/c1-25(2,3)35-24(33)30-13-15(12-19(30)23(32)34-4)27-21-16-7-5-6-8-18(16)28-22(29-21)17-11-14(26)9-10-20(17)31/h5-11,15,19,31H,12-13H2,1-4H3,(H,27,28,29)/t15-,19+/m0/s1. The number of anilines is 1. The molecule has 0 radical (unpaired) electrons. The summed E-state index contributed by atoms with van der Waals surface area (Å²) in [6, 6.07) is 9.60. The number of carbonyl (C=O) groups is 2. The van der Waals surface area contributed by atoms with E-state index in [-0.39, 0.29) is 36.1 Å². The van der Waals surface area contributed by atoms with Crippen LogP contribution >= 0.6 is 0 Å². The lowest BCUT2D eigenvalue weighted by Crippen LogP contribution is -2.44. The Morgan fingerprint density at radius 1 is 1.17 bits per heavy atom. The fourth-order valence-electron chi connectivity index (χ4n) is 4.01. The number of benzene rings is 2. The largest absolute Gasteiger partial charge is 0.507 e. The second-order valence-electron chi connectivity index (χ2n) is 9.32. The van der Waals surface area contributed by atoms with E-state index in [1.54, 1.807) is 32.9 Å². The minimum Gasteiger partial charge on any atom is -0.507 e. The zero-order valence-corrected chi connectivity index (χ0v) is 19.9. The van der Waals surface area contributed by atoms with Gasteiger partial charge in [-0.3, -0.25) is 4.90 Å². The average Bonchev–Trinajstić information content (AvgIpc) is 3.23. The van der Waals surface area contributed by atoms with E-state index in [9.17, 15) is 19.1 Å². The highest BCUT2D eigenvalue weighted by Crippen LogP contribution is 2.32. The molecular formula is C25H27FN4O5. The molecule has 1 aliphatic rings. The molecule has 0 bridgehead atoms. The summed E-state index contributed by atoms with van der Waals surface area (Å²) in [5, 5.41) is 14.3. The summed E-state index contributed by atoms with van der Waals surface area (Å²) in [5.74, 6) is -0.675. The molecule has 0 aliphatic carbocycles. The van der Waals surface area contributed by atoms with Gasteiger partial charge in [0.05, 0.1) is 18.2 Å². The van der Waals surface area contributed by atoms with E-state index in [4.69, 9.17) is 9.47 Å². The lowest BCUT2D eigenvalue weighted by Gasteiger charge is -2.27. The molecule has 2 aromatic carbocycles. The first-order valence-electron chi connectivity index (χ1n) is 11.2. The molecule has 2 atom stereocenters. The molecule has 1 saturated heterocycles. The Balaban J connectivity index is 1.69. The SMILES string of the molecule is COC(=O)[C@H]1C[C@H](Nc2nc(-c3cc(F)ccc3O)nc3ccccc23)CN1C(=O)OC(C)(C)C. The van der Waals surface area contributed by atoms with Crippen LogP contribution in [0.25, 0.3) is 22.3 Å². The monoisotopic (exact) mass is 482 g/mol. The number of rotatable bonds is 4. The fraction of sp³-hybridized carbons (Fsp3) is 0.360. The minimum atomic E-state index is -0.827. The van der Waals surface area contributed by atoms with Crippen LogP contribution in [-0.2, 0) is 14.3 Å². The van der Waals surface area contributed by atoms with Gasteiger partial charge in [0, 0.05) is 24.4 Å². The van der Waals surface area contributed by atoms with Crippen LogP contribution in [0.5, 0.6) is 5.75 Å².